The van der Waals surface area contributed by atoms with Gasteiger partial charge >= 0.3 is 0 Å². The quantitative estimate of drug-likeness (QED) is 0.594. The zero-order chi connectivity index (χ0) is 23.0. The molecule has 3 aromatic rings. The number of H-pyrrole nitrogens is 1. The lowest BCUT2D eigenvalue weighted by Gasteiger charge is -2.26. The second kappa shape index (κ2) is 8.64. The van der Waals surface area contributed by atoms with E-state index in [1.807, 2.05) is 19.9 Å². The summed E-state index contributed by atoms with van der Waals surface area (Å²) in [6, 6.07) is 7.05. The van der Waals surface area contributed by atoms with Crippen molar-refractivity contribution in [3.63, 3.8) is 0 Å². The van der Waals surface area contributed by atoms with Gasteiger partial charge in [0.05, 0.1) is 30.0 Å². The Balaban J connectivity index is 1.71. The van der Waals surface area contributed by atoms with Gasteiger partial charge in [-0.2, -0.15) is 9.49 Å². The Bertz CT molecular complexity index is 1160. The zero-order valence-electron chi connectivity index (χ0n) is 18.1. The maximum absolute atomic E-state index is 14.7. The Hall–Kier alpha value is -3.36. The van der Waals surface area contributed by atoms with Gasteiger partial charge in [-0.25, -0.2) is 9.37 Å². The molecule has 7 nitrogen and oxygen atoms in total. The monoisotopic (exact) mass is 441 g/mol. The first-order valence-corrected chi connectivity index (χ1v) is 10.6. The smallest absolute Gasteiger partial charge is 0.243 e. The number of hydrogen-bond acceptors (Lipinski definition) is 4. The minimum atomic E-state index is -1.27. The van der Waals surface area contributed by atoms with Gasteiger partial charge in [-0.3, -0.25) is 14.7 Å². The fraction of sp³-hybridized carbons (Fsp3) is 0.391. The van der Waals surface area contributed by atoms with Crippen molar-refractivity contribution in [2.75, 3.05) is 6.54 Å². The lowest BCUT2D eigenvalue weighted by atomic mass is 9.99. The molecule has 3 heterocycles. The van der Waals surface area contributed by atoms with Gasteiger partial charge in [-0.1, -0.05) is 32.0 Å². The molecule has 2 aromatic heterocycles. The van der Waals surface area contributed by atoms with E-state index in [2.05, 4.69) is 20.5 Å². The van der Waals surface area contributed by atoms with Crippen molar-refractivity contribution in [2.24, 2.45) is 0 Å². The first-order chi connectivity index (χ1) is 15.2. The molecule has 2 N–H and O–H groups in total. The van der Waals surface area contributed by atoms with Gasteiger partial charge in [0.15, 0.2) is 0 Å². The molecule has 1 unspecified atom stereocenters. The molecule has 4 rings (SSSR count). The van der Waals surface area contributed by atoms with Crippen molar-refractivity contribution in [3.8, 4) is 0 Å². The van der Waals surface area contributed by atoms with Crippen LogP contribution in [0.4, 0.5) is 8.78 Å². The summed E-state index contributed by atoms with van der Waals surface area (Å²) in [5.41, 5.74) is 2.18. The molecule has 3 atom stereocenters. The molecular weight excluding hydrogens is 416 g/mol. The molecule has 168 valence electrons. The predicted molar refractivity (Wildman–Crippen MR) is 115 cm³/mol. The summed E-state index contributed by atoms with van der Waals surface area (Å²) in [4.78, 5) is 30.4. The topological polar surface area (TPSA) is 91.0 Å². The summed E-state index contributed by atoms with van der Waals surface area (Å²) in [7, 11) is 0. The van der Waals surface area contributed by atoms with Gasteiger partial charge in [-0.05, 0) is 23.6 Å². The highest BCUT2D eigenvalue weighted by molar-refractivity contribution is 5.88. The summed E-state index contributed by atoms with van der Waals surface area (Å²) in [5.74, 6) is -1.53. The molecule has 32 heavy (non-hydrogen) atoms. The van der Waals surface area contributed by atoms with Gasteiger partial charge in [0.25, 0.3) is 0 Å². The fourth-order valence-electron chi connectivity index (χ4n) is 4.13. The van der Waals surface area contributed by atoms with Gasteiger partial charge in [0.2, 0.25) is 17.8 Å². The number of rotatable bonds is 5. The molecule has 1 saturated heterocycles. The van der Waals surface area contributed by atoms with Crippen LogP contribution in [0, 0.1) is 5.95 Å². The highest BCUT2D eigenvalue weighted by Gasteiger charge is 2.39. The molecule has 0 bridgehead atoms. The van der Waals surface area contributed by atoms with Crippen LogP contribution in [0.25, 0.3) is 10.9 Å². The average molecular weight is 441 g/mol. The minimum absolute atomic E-state index is 0.0463. The second-order valence-corrected chi connectivity index (χ2v) is 8.45. The van der Waals surface area contributed by atoms with E-state index in [0.717, 1.165) is 10.9 Å². The molecule has 0 aliphatic carbocycles. The number of amides is 2. The van der Waals surface area contributed by atoms with E-state index in [9.17, 15) is 18.4 Å². The number of carbonyl (C=O) groups excluding carboxylic acids is 2. The van der Waals surface area contributed by atoms with Crippen LogP contribution in [0.2, 0.25) is 0 Å². The van der Waals surface area contributed by atoms with Crippen LogP contribution in [-0.2, 0) is 9.59 Å². The molecular formula is C23H25F2N5O2. The summed E-state index contributed by atoms with van der Waals surface area (Å²) >= 11 is 0. The van der Waals surface area contributed by atoms with Crippen LogP contribution in [0.15, 0.2) is 36.5 Å². The van der Waals surface area contributed by atoms with E-state index in [0.29, 0.717) is 16.8 Å². The summed E-state index contributed by atoms with van der Waals surface area (Å²) in [6.45, 7) is 4.93. The molecule has 0 saturated carbocycles. The summed E-state index contributed by atoms with van der Waals surface area (Å²) in [6.07, 6.45) is 0.328. The number of benzene rings is 1. The third-order valence-electron chi connectivity index (χ3n) is 5.86. The van der Waals surface area contributed by atoms with E-state index in [-0.39, 0.29) is 24.8 Å². The van der Waals surface area contributed by atoms with E-state index in [1.165, 1.54) is 11.8 Å². The van der Waals surface area contributed by atoms with Crippen LogP contribution in [-0.4, -0.2) is 50.7 Å². The number of carbonyl (C=O) groups is 2. The highest BCUT2D eigenvalue weighted by Crippen LogP contribution is 2.28. The number of halogens is 2. The Morgan fingerprint density at radius 2 is 2.03 bits per heavy atom. The molecule has 1 fully saturated rings. The van der Waals surface area contributed by atoms with Crippen molar-refractivity contribution in [1.82, 2.24) is 25.4 Å². The largest absolute Gasteiger partial charge is 0.342 e. The van der Waals surface area contributed by atoms with E-state index >= 15 is 0 Å². The first-order valence-electron chi connectivity index (χ1n) is 10.6. The molecule has 9 heteroatoms. The molecule has 1 aromatic carbocycles. The van der Waals surface area contributed by atoms with Crippen LogP contribution in [0.5, 0.6) is 0 Å². The van der Waals surface area contributed by atoms with Crippen molar-refractivity contribution < 1.29 is 18.4 Å². The molecule has 0 spiro atoms. The van der Waals surface area contributed by atoms with Gasteiger partial charge in [0.1, 0.15) is 12.2 Å². The maximum atomic E-state index is 14.7. The summed E-state index contributed by atoms with van der Waals surface area (Å²) < 4.78 is 28.7. The lowest BCUT2D eigenvalue weighted by Crippen LogP contribution is -2.46. The predicted octanol–water partition coefficient (Wildman–Crippen LogP) is 3.38. The van der Waals surface area contributed by atoms with Crippen LogP contribution < -0.4 is 5.32 Å². The minimum Gasteiger partial charge on any atom is -0.342 e. The molecule has 2 amide bonds. The van der Waals surface area contributed by atoms with E-state index < -0.39 is 30.1 Å². The fourth-order valence-corrected chi connectivity index (χ4v) is 4.13. The average Bonchev–Trinajstić information content (AvgIpc) is 3.37. The number of nitrogens with one attached hydrogen (secondary N) is 2. The molecule has 0 radical (unpaired) electrons. The molecule has 1 aliphatic heterocycles. The Labute approximate surface area is 184 Å². The zero-order valence-corrected chi connectivity index (χ0v) is 18.1. The Morgan fingerprint density at radius 3 is 2.72 bits per heavy atom. The van der Waals surface area contributed by atoms with Gasteiger partial charge in [-0.15, -0.1) is 0 Å². The number of fused-ring (bicyclic) bond motifs is 1. The Morgan fingerprint density at radius 1 is 1.25 bits per heavy atom. The number of alkyl halides is 1. The third-order valence-corrected chi connectivity index (χ3v) is 5.86. The van der Waals surface area contributed by atoms with Crippen LogP contribution >= 0.6 is 0 Å². The number of aromatic nitrogens is 3. The van der Waals surface area contributed by atoms with Gasteiger partial charge < -0.3 is 10.2 Å². The number of nitrogens with zero attached hydrogens (tertiary/aromatic N) is 3. The van der Waals surface area contributed by atoms with E-state index in [4.69, 9.17) is 0 Å². The van der Waals surface area contributed by atoms with Crippen molar-refractivity contribution in [2.45, 2.75) is 51.4 Å². The number of aromatic amines is 1. The second-order valence-electron chi connectivity index (χ2n) is 8.45. The first kappa shape index (κ1) is 21.9. The molecule has 1 aliphatic rings. The lowest BCUT2D eigenvalue weighted by molar-refractivity contribution is -0.137. The van der Waals surface area contributed by atoms with E-state index in [1.54, 1.807) is 30.5 Å². The van der Waals surface area contributed by atoms with Gasteiger partial charge in [0, 0.05) is 24.3 Å². The van der Waals surface area contributed by atoms with Crippen LogP contribution in [0.3, 0.4) is 0 Å². The Kier molecular flexibility index (Phi) is 5.90. The highest BCUT2D eigenvalue weighted by atomic mass is 19.1. The third kappa shape index (κ3) is 4.19. The number of likely N-dealkylation sites (tertiary alicyclic amines) is 1. The number of hydrogen-bond donors (Lipinski definition) is 2. The van der Waals surface area contributed by atoms with Crippen molar-refractivity contribution in [1.29, 1.82) is 0 Å². The number of pyridine rings is 1. The van der Waals surface area contributed by atoms with Crippen molar-refractivity contribution in [3.05, 3.63) is 59.3 Å². The van der Waals surface area contributed by atoms with Crippen molar-refractivity contribution >= 4 is 22.7 Å². The SMILES string of the molecule is CC(=O)N1C[C@H](F)C[C@H]1C(=O)NC(c1ccc2cn[nH]c2c1)c1ccc(C(C)C)c(F)n1. The summed E-state index contributed by atoms with van der Waals surface area (Å²) in [5, 5.41) is 10.6. The van der Waals surface area contributed by atoms with Crippen LogP contribution in [0.1, 0.15) is 56.0 Å². The standard InChI is InChI=1S/C23H25F2N5O2/c1-12(2)17-6-7-18(27-22(17)25)21(14-4-5-15-10-26-29-19(15)8-14)28-23(32)20-9-16(24)11-30(20)13(3)31/h4-8,10,12,16,20-21H,9,11H2,1-3H3,(H,26,29)(H,28,32)/t16-,20+,21?/m1/s1. The normalized spacial score (nSPS) is 19.5. The maximum Gasteiger partial charge on any atom is 0.243 e.